The van der Waals surface area contributed by atoms with Crippen molar-refractivity contribution in [1.82, 2.24) is 4.98 Å². The lowest BCUT2D eigenvalue weighted by Crippen LogP contribution is -2.16. The number of nitrogens with one attached hydrogen (secondary N) is 1. The van der Waals surface area contributed by atoms with Gasteiger partial charge in [0.15, 0.2) is 6.07 Å². The van der Waals surface area contributed by atoms with Crippen LogP contribution in [0.3, 0.4) is 0 Å². The van der Waals surface area contributed by atoms with E-state index in [4.69, 9.17) is 10.00 Å². The Hall–Kier alpha value is -2.69. The summed E-state index contributed by atoms with van der Waals surface area (Å²) in [4.78, 5) is 13.8. The van der Waals surface area contributed by atoms with Gasteiger partial charge >= 0.3 is 12.3 Å². The van der Waals surface area contributed by atoms with E-state index in [1.165, 1.54) is 24.3 Å². The average Bonchev–Trinajstić information content (AvgIpc) is 2.77. The third kappa shape index (κ3) is 4.15. The Labute approximate surface area is 123 Å². The molecule has 1 unspecified atom stereocenters. The van der Waals surface area contributed by atoms with Crippen LogP contribution >= 0.6 is 0 Å². The van der Waals surface area contributed by atoms with Gasteiger partial charge in [-0.25, -0.2) is 4.79 Å². The van der Waals surface area contributed by atoms with Gasteiger partial charge in [0.2, 0.25) is 0 Å². The molecule has 0 radical (unpaired) electrons. The molecule has 0 spiro atoms. The van der Waals surface area contributed by atoms with E-state index in [2.05, 4.69) is 9.72 Å². The minimum Gasteiger partial charge on any atom is -0.451 e. The minimum absolute atomic E-state index is 0.303. The number of aromatic amines is 1. The number of nitriles is 1. The van der Waals surface area contributed by atoms with Crippen molar-refractivity contribution in [3.63, 3.8) is 0 Å². The number of aromatic nitrogens is 1. The summed E-state index contributed by atoms with van der Waals surface area (Å²) in [5.74, 6) is -1.29. The van der Waals surface area contributed by atoms with Crippen molar-refractivity contribution in [2.75, 3.05) is 0 Å². The molecule has 1 heterocycles. The molecule has 1 aromatic carbocycles. The number of esters is 1. The van der Waals surface area contributed by atoms with Crippen molar-refractivity contribution < 1.29 is 27.4 Å². The summed E-state index contributed by atoms with van der Waals surface area (Å²) >= 11 is 0. The second-order valence-electron chi connectivity index (χ2n) is 4.62. The van der Waals surface area contributed by atoms with Gasteiger partial charge in [-0.05, 0) is 31.2 Å². The van der Waals surface area contributed by atoms with Crippen LogP contribution in [0.2, 0.25) is 0 Å². The van der Waals surface area contributed by atoms with Gasteiger partial charge in [-0.15, -0.1) is 13.2 Å². The zero-order chi connectivity index (χ0) is 16.3. The van der Waals surface area contributed by atoms with Gasteiger partial charge < -0.3 is 14.5 Å². The molecule has 5 nitrogen and oxygen atoms in total. The molecule has 0 fully saturated rings. The lowest BCUT2D eigenvalue weighted by Gasteiger charge is -2.08. The molecular formula is C14H11F3N2O3. The first-order valence-electron chi connectivity index (χ1n) is 6.25. The standard InChI is InChI=1S/C14H11F3N2O3/c1-8(21-13(20)7-18)4-10-5-9-6-11(22-14(15,16)17)2-3-12(9)19-10/h2-3,5-6,8,19H,4H2,1H3. The second kappa shape index (κ2) is 5.97. The van der Waals surface area contributed by atoms with E-state index in [0.29, 0.717) is 23.0 Å². The first-order valence-corrected chi connectivity index (χ1v) is 6.25. The van der Waals surface area contributed by atoms with Gasteiger partial charge in [0, 0.05) is 23.0 Å². The number of halogens is 3. The van der Waals surface area contributed by atoms with Crippen molar-refractivity contribution in [2.45, 2.75) is 25.8 Å². The topological polar surface area (TPSA) is 75.1 Å². The number of carbonyl (C=O) groups is 1. The number of rotatable bonds is 4. The summed E-state index contributed by atoms with van der Waals surface area (Å²) in [5.41, 5.74) is 1.29. The number of ether oxygens (including phenoxy) is 2. The van der Waals surface area contributed by atoms with Gasteiger partial charge in [-0.1, -0.05) is 0 Å². The van der Waals surface area contributed by atoms with E-state index >= 15 is 0 Å². The normalized spacial score (nSPS) is 12.7. The molecule has 116 valence electrons. The molecule has 0 aliphatic carbocycles. The van der Waals surface area contributed by atoms with Crippen LogP contribution in [-0.2, 0) is 16.0 Å². The van der Waals surface area contributed by atoms with Crippen LogP contribution in [0.15, 0.2) is 24.3 Å². The molecule has 0 saturated heterocycles. The highest BCUT2D eigenvalue weighted by Crippen LogP contribution is 2.27. The van der Waals surface area contributed by atoms with Crippen molar-refractivity contribution in [1.29, 1.82) is 5.26 Å². The van der Waals surface area contributed by atoms with Gasteiger partial charge in [-0.2, -0.15) is 5.26 Å². The van der Waals surface area contributed by atoms with E-state index in [1.807, 2.05) is 0 Å². The molecule has 8 heteroatoms. The monoisotopic (exact) mass is 312 g/mol. The molecule has 22 heavy (non-hydrogen) atoms. The average molecular weight is 312 g/mol. The Morgan fingerprint density at radius 1 is 1.41 bits per heavy atom. The quantitative estimate of drug-likeness (QED) is 0.695. The summed E-state index contributed by atoms with van der Waals surface area (Å²) in [6, 6.07) is 6.90. The third-order valence-corrected chi connectivity index (χ3v) is 2.79. The molecule has 0 bridgehead atoms. The summed E-state index contributed by atoms with van der Waals surface area (Å²) in [5, 5.41) is 8.89. The van der Waals surface area contributed by atoms with Crippen LogP contribution in [0.5, 0.6) is 5.75 Å². The molecule has 0 aliphatic heterocycles. The lowest BCUT2D eigenvalue weighted by molar-refractivity contribution is -0.274. The predicted molar refractivity (Wildman–Crippen MR) is 69.9 cm³/mol. The maximum atomic E-state index is 12.2. The minimum atomic E-state index is -4.74. The molecule has 1 N–H and O–H groups in total. The summed E-state index contributed by atoms with van der Waals surface area (Å²) in [6.07, 6.45) is -4.98. The predicted octanol–water partition coefficient (Wildman–Crippen LogP) is 3.06. The van der Waals surface area contributed by atoms with Crippen LogP contribution < -0.4 is 4.74 Å². The number of hydrogen-bond donors (Lipinski definition) is 1. The highest BCUT2D eigenvalue weighted by Gasteiger charge is 2.31. The fourth-order valence-corrected chi connectivity index (χ4v) is 2.04. The second-order valence-corrected chi connectivity index (χ2v) is 4.62. The number of alkyl halides is 3. The van der Waals surface area contributed by atoms with Gasteiger partial charge in [0.1, 0.15) is 11.9 Å². The van der Waals surface area contributed by atoms with Crippen LogP contribution in [-0.4, -0.2) is 23.4 Å². The summed E-state index contributed by atoms with van der Waals surface area (Å²) in [7, 11) is 0. The zero-order valence-electron chi connectivity index (χ0n) is 11.4. The Bertz CT molecular complexity index is 731. The van der Waals surface area contributed by atoms with Crippen LogP contribution in [0.1, 0.15) is 12.6 Å². The fraction of sp³-hybridized carbons (Fsp3) is 0.286. The largest absolute Gasteiger partial charge is 0.573 e. The third-order valence-electron chi connectivity index (χ3n) is 2.79. The van der Waals surface area contributed by atoms with Crippen molar-refractivity contribution in [2.24, 2.45) is 0 Å². The van der Waals surface area contributed by atoms with E-state index < -0.39 is 18.4 Å². The number of hydrogen-bond acceptors (Lipinski definition) is 4. The molecule has 2 rings (SSSR count). The van der Waals surface area contributed by atoms with Gasteiger partial charge in [0.05, 0.1) is 0 Å². The van der Waals surface area contributed by atoms with Crippen LogP contribution in [0, 0.1) is 11.3 Å². The first kappa shape index (κ1) is 15.7. The Morgan fingerprint density at radius 2 is 2.14 bits per heavy atom. The maximum Gasteiger partial charge on any atom is 0.573 e. The Kier molecular flexibility index (Phi) is 4.26. The fourth-order valence-electron chi connectivity index (χ4n) is 2.04. The molecule has 1 aromatic heterocycles. The maximum absolute atomic E-state index is 12.2. The summed E-state index contributed by atoms with van der Waals surface area (Å²) in [6.45, 7) is 1.61. The van der Waals surface area contributed by atoms with Crippen molar-refractivity contribution in [3.8, 4) is 11.8 Å². The smallest absolute Gasteiger partial charge is 0.451 e. The van der Waals surface area contributed by atoms with E-state index in [1.54, 1.807) is 13.0 Å². The molecule has 2 aromatic rings. The zero-order valence-corrected chi connectivity index (χ0v) is 11.4. The van der Waals surface area contributed by atoms with Gasteiger partial charge in [0.25, 0.3) is 0 Å². The first-order chi connectivity index (χ1) is 10.3. The van der Waals surface area contributed by atoms with Crippen LogP contribution in [0.25, 0.3) is 10.9 Å². The Morgan fingerprint density at radius 3 is 2.77 bits per heavy atom. The molecule has 1 atom stereocenters. The van der Waals surface area contributed by atoms with Crippen molar-refractivity contribution >= 4 is 16.9 Å². The highest BCUT2D eigenvalue weighted by atomic mass is 19.4. The lowest BCUT2D eigenvalue weighted by atomic mass is 10.2. The van der Waals surface area contributed by atoms with Gasteiger partial charge in [-0.3, -0.25) is 0 Å². The molecular weight excluding hydrogens is 301 g/mol. The van der Waals surface area contributed by atoms with Crippen LogP contribution in [0.4, 0.5) is 13.2 Å². The Balaban J connectivity index is 2.13. The number of carbonyl (C=O) groups excluding carboxylic acids is 1. The van der Waals surface area contributed by atoms with E-state index in [9.17, 15) is 18.0 Å². The van der Waals surface area contributed by atoms with Crippen molar-refractivity contribution in [3.05, 3.63) is 30.0 Å². The molecule has 0 aliphatic rings. The van der Waals surface area contributed by atoms with E-state index in [-0.39, 0.29) is 5.75 Å². The van der Waals surface area contributed by atoms with E-state index in [0.717, 1.165) is 0 Å². The number of fused-ring (bicyclic) bond motifs is 1. The number of benzene rings is 1. The SMILES string of the molecule is CC(Cc1cc2cc(OC(F)(F)F)ccc2[nH]1)OC(=O)C#N. The molecule has 0 amide bonds. The summed E-state index contributed by atoms with van der Waals surface area (Å²) < 4.78 is 45.2. The number of H-pyrrole nitrogens is 1. The molecule has 0 saturated carbocycles. The number of nitrogens with zero attached hydrogens (tertiary/aromatic N) is 1. The highest BCUT2D eigenvalue weighted by molar-refractivity contribution is 5.86.